The molecule has 1 rings (SSSR count). The SMILES string of the molecule is O=[C]CC=Cc1c(Cl)cc(Cl)cc1Cl. The Kier molecular flexibility index (Phi) is 4.46. The largest absolute Gasteiger partial charge is 0.291 e. The molecule has 0 spiro atoms. The summed E-state index contributed by atoms with van der Waals surface area (Å²) in [7, 11) is 0. The van der Waals surface area contributed by atoms with Crippen molar-refractivity contribution in [3.8, 4) is 0 Å². The van der Waals surface area contributed by atoms with E-state index < -0.39 is 0 Å². The molecule has 0 N–H and O–H groups in total. The van der Waals surface area contributed by atoms with Gasteiger partial charge in [-0.05, 0) is 12.1 Å². The van der Waals surface area contributed by atoms with Gasteiger partial charge in [0.15, 0.2) is 0 Å². The van der Waals surface area contributed by atoms with Gasteiger partial charge in [-0.3, -0.25) is 4.79 Å². The summed E-state index contributed by atoms with van der Waals surface area (Å²) in [6.45, 7) is 0. The fourth-order valence-corrected chi connectivity index (χ4v) is 1.88. The van der Waals surface area contributed by atoms with Gasteiger partial charge >= 0.3 is 0 Å². The molecule has 0 aliphatic rings. The van der Waals surface area contributed by atoms with Crippen molar-refractivity contribution < 1.29 is 4.79 Å². The molecule has 0 atom stereocenters. The number of carbonyl (C=O) groups excluding carboxylic acids is 1. The summed E-state index contributed by atoms with van der Waals surface area (Å²) >= 11 is 17.5. The minimum Gasteiger partial charge on any atom is -0.291 e. The Balaban J connectivity index is 3.02. The predicted octanol–water partition coefficient (Wildman–Crippen LogP) is 4.16. The number of hydrogen-bond donors (Lipinski definition) is 0. The van der Waals surface area contributed by atoms with Gasteiger partial charge in [0.25, 0.3) is 0 Å². The number of allylic oxidation sites excluding steroid dienone is 1. The third kappa shape index (κ3) is 3.02. The van der Waals surface area contributed by atoms with E-state index in [4.69, 9.17) is 34.8 Å². The van der Waals surface area contributed by atoms with Gasteiger partial charge in [-0.15, -0.1) is 0 Å². The van der Waals surface area contributed by atoms with Gasteiger partial charge in [0.05, 0.1) is 10.0 Å². The fraction of sp³-hybridized carbons (Fsp3) is 0.100. The maximum absolute atomic E-state index is 9.96. The quantitative estimate of drug-likeness (QED) is 0.785. The average Bonchev–Trinajstić information content (AvgIpc) is 2.09. The van der Waals surface area contributed by atoms with Crippen molar-refractivity contribution in [3.63, 3.8) is 0 Å². The first-order chi connectivity index (χ1) is 6.65. The first-order valence-corrected chi connectivity index (χ1v) is 4.94. The van der Waals surface area contributed by atoms with Crippen LogP contribution in [0.25, 0.3) is 6.08 Å². The number of hydrogen-bond acceptors (Lipinski definition) is 1. The van der Waals surface area contributed by atoms with Crippen LogP contribution in [-0.2, 0) is 4.79 Å². The number of halogens is 3. The predicted molar refractivity (Wildman–Crippen MR) is 60.8 cm³/mol. The van der Waals surface area contributed by atoms with Gasteiger partial charge in [-0.25, -0.2) is 0 Å². The van der Waals surface area contributed by atoms with Crippen molar-refractivity contribution in [2.75, 3.05) is 0 Å². The standard InChI is InChI=1S/C10H6Cl3O/c11-7-5-9(12)8(10(13)6-7)3-1-2-4-14/h1,3,5-6H,2H2. The van der Waals surface area contributed by atoms with E-state index in [1.807, 2.05) is 0 Å². The molecule has 0 unspecified atom stereocenters. The Labute approximate surface area is 97.3 Å². The monoisotopic (exact) mass is 247 g/mol. The molecule has 0 aromatic heterocycles. The molecule has 4 heteroatoms. The van der Waals surface area contributed by atoms with Crippen LogP contribution in [0.3, 0.4) is 0 Å². The molecule has 0 aliphatic carbocycles. The summed E-state index contributed by atoms with van der Waals surface area (Å²) in [5.41, 5.74) is 0.660. The minimum absolute atomic E-state index is 0.218. The molecule has 0 amide bonds. The molecule has 1 aromatic rings. The summed E-state index contributed by atoms with van der Waals surface area (Å²) in [5.74, 6) is 0. The van der Waals surface area contributed by atoms with Gasteiger partial charge in [0, 0.05) is 17.0 Å². The average molecular weight is 249 g/mol. The second-order valence-electron chi connectivity index (χ2n) is 2.53. The van der Waals surface area contributed by atoms with E-state index in [1.54, 1.807) is 30.6 Å². The zero-order valence-electron chi connectivity index (χ0n) is 7.06. The van der Waals surface area contributed by atoms with Crippen LogP contribution < -0.4 is 0 Å². The van der Waals surface area contributed by atoms with E-state index in [-0.39, 0.29) is 6.42 Å². The van der Waals surface area contributed by atoms with E-state index in [0.29, 0.717) is 20.6 Å². The number of benzene rings is 1. The van der Waals surface area contributed by atoms with Crippen LogP contribution in [0, 0.1) is 0 Å². The summed E-state index contributed by atoms with van der Waals surface area (Å²) in [5, 5.41) is 1.41. The maximum atomic E-state index is 9.96. The first kappa shape index (κ1) is 11.6. The summed E-state index contributed by atoms with van der Waals surface area (Å²) in [6.07, 6.45) is 5.26. The lowest BCUT2D eigenvalue weighted by Crippen LogP contribution is -1.79. The van der Waals surface area contributed by atoms with Gasteiger partial charge in [-0.2, -0.15) is 0 Å². The van der Waals surface area contributed by atoms with Gasteiger partial charge < -0.3 is 0 Å². The molecule has 73 valence electrons. The molecule has 0 fully saturated rings. The normalized spacial score (nSPS) is 10.8. The Morgan fingerprint density at radius 1 is 1.21 bits per heavy atom. The van der Waals surface area contributed by atoms with Crippen LogP contribution in [0.1, 0.15) is 12.0 Å². The maximum Gasteiger partial charge on any atom is 0.202 e. The van der Waals surface area contributed by atoms with Crippen LogP contribution in [0.2, 0.25) is 15.1 Å². The zero-order chi connectivity index (χ0) is 10.6. The minimum atomic E-state index is 0.218. The molecule has 0 saturated carbocycles. The van der Waals surface area contributed by atoms with Crippen molar-refractivity contribution in [1.82, 2.24) is 0 Å². The summed E-state index contributed by atoms with van der Waals surface area (Å²) in [4.78, 5) is 9.96. The number of rotatable bonds is 3. The van der Waals surface area contributed by atoms with Crippen molar-refractivity contribution >= 4 is 47.2 Å². The Hall–Kier alpha value is -0.500. The Morgan fingerprint density at radius 2 is 1.79 bits per heavy atom. The highest BCUT2D eigenvalue weighted by Gasteiger charge is 2.03. The second kappa shape index (κ2) is 5.40. The highest BCUT2D eigenvalue weighted by molar-refractivity contribution is 6.40. The molecule has 0 saturated heterocycles. The van der Waals surface area contributed by atoms with Gasteiger partial charge in [-0.1, -0.05) is 47.0 Å². The molecular formula is C10H6Cl3O. The van der Waals surface area contributed by atoms with Crippen LogP contribution in [0.4, 0.5) is 0 Å². The highest BCUT2D eigenvalue weighted by Crippen LogP contribution is 2.29. The molecular weight excluding hydrogens is 242 g/mol. The highest BCUT2D eigenvalue weighted by atomic mass is 35.5. The Bertz CT molecular complexity index is 349. The van der Waals surface area contributed by atoms with Crippen LogP contribution in [0.5, 0.6) is 0 Å². The molecule has 0 bridgehead atoms. The van der Waals surface area contributed by atoms with Crippen molar-refractivity contribution in [3.05, 3.63) is 38.8 Å². The zero-order valence-corrected chi connectivity index (χ0v) is 9.33. The molecule has 0 heterocycles. The molecule has 1 nitrogen and oxygen atoms in total. The molecule has 0 aliphatic heterocycles. The lowest BCUT2D eigenvalue weighted by atomic mass is 10.2. The Morgan fingerprint density at radius 3 is 2.29 bits per heavy atom. The van der Waals surface area contributed by atoms with E-state index in [0.717, 1.165) is 0 Å². The van der Waals surface area contributed by atoms with E-state index in [2.05, 4.69) is 0 Å². The van der Waals surface area contributed by atoms with Gasteiger partial charge in [0.1, 0.15) is 0 Å². The molecule has 1 aromatic carbocycles. The van der Waals surface area contributed by atoms with Crippen molar-refractivity contribution in [1.29, 1.82) is 0 Å². The third-order valence-corrected chi connectivity index (χ3v) is 2.37. The fourth-order valence-electron chi connectivity index (χ4n) is 0.937. The van der Waals surface area contributed by atoms with Crippen molar-refractivity contribution in [2.45, 2.75) is 6.42 Å². The van der Waals surface area contributed by atoms with E-state index in [9.17, 15) is 4.79 Å². The van der Waals surface area contributed by atoms with Gasteiger partial charge in [0.2, 0.25) is 6.29 Å². The summed E-state index contributed by atoms with van der Waals surface area (Å²) < 4.78 is 0. The van der Waals surface area contributed by atoms with Crippen molar-refractivity contribution in [2.24, 2.45) is 0 Å². The lowest BCUT2D eigenvalue weighted by molar-refractivity contribution is 0.556. The lowest BCUT2D eigenvalue weighted by Gasteiger charge is -2.01. The second-order valence-corrected chi connectivity index (χ2v) is 3.78. The van der Waals surface area contributed by atoms with E-state index >= 15 is 0 Å². The van der Waals surface area contributed by atoms with Crippen LogP contribution in [0.15, 0.2) is 18.2 Å². The smallest absolute Gasteiger partial charge is 0.202 e. The van der Waals surface area contributed by atoms with Crippen LogP contribution in [-0.4, -0.2) is 6.29 Å². The van der Waals surface area contributed by atoms with E-state index in [1.165, 1.54) is 0 Å². The first-order valence-electron chi connectivity index (χ1n) is 3.81. The molecule has 14 heavy (non-hydrogen) atoms. The molecule has 1 radical (unpaired) electrons. The third-order valence-electron chi connectivity index (χ3n) is 1.53. The van der Waals surface area contributed by atoms with Crippen LogP contribution >= 0.6 is 34.8 Å². The topological polar surface area (TPSA) is 17.1 Å². The summed E-state index contributed by atoms with van der Waals surface area (Å²) in [6, 6.07) is 3.19.